The van der Waals surface area contributed by atoms with E-state index in [1.165, 1.54) is 6.42 Å². The second-order valence-electron chi connectivity index (χ2n) is 11.9. The number of nitrogens with two attached hydrogens (primary N) is 1. The van der Waals surface area contributed by atoms with Crippen molar-refractivity contribution in [2.24, 2.45) is 5.92 Å². The molecule has 41 heavy (non-hydrogen) atoms. The maximum atomic E-state index is 13.1. The Balaban J connectivity index is 0.970. The number of piperidine rings is 1. The Morgan fingerprint density at radius 3 is 2.73 bits per heavy atom. The number of ether oxygens (including phenoxy) is 1. The molecule has 3 N–H and O–H groups in total. The molecule has 0 amide bonds. The fourth-order valence-electron chi connectivity index (χ4n) is 6.92. The summed E-state index contributed by atoms with van der Waals surface area (Å²) in [6, 6.07) is 6.86. The minimum Gasteiger partial charge on any atom is -0.396 e. The molecule has 3 fully saturated rings. The van der Waals surface area contributed by atoms with Crippen LogP contribution in [0, 0.1) is 24.7 Å². The van der Waals surface area contributed by atoms with Crippen molar-refractivity contribution in [3.8, 4) is 11.8 Å². The molecule has 6 rings (SSSR count). The second kappa shape index (κ2) is 12.5. The predicted octanol–water partition coefficient (Wildman–Crippen LogP) is 4.86. The number of nitrogen functional groups attached to an aromatic ring is 1. The largest absolute Gasteiger partial charge is 0.396 e. The van der Waals surface area contributed by atoms with Gasteiger partial charge in [-0.3, -0.25) is 9.36 Å². The summed E-state index contributed by atoms with van der Waals surface area (Å²) < 4.78 is 36.1. The van der Waals surface area contributed by atoms with Crippen LogP contribution in [0.1, 0.15) is 80.4 Å². The maximum absolute atomic E-state index is 13.1. The Bertz CT molecular complexity index is 1390. The van der Waals surface area contributed by atoms with Crippen molar-refractivity contribution in [1.29, 1.82) is 0 Å². The van der Waals surface area contributed by atoms with Crippen molar-refractivity contribution in [2.45, 2.75) is 76.5 Å². The molecule has 3 aliphatic rings. The van der Waals surface area contributed by atoms with Gasteiger partial charge in [-0.15, -0.1) is 0 Å². The van der Waals surface area contributed by atoms with E-state index in [0.29, 0.717) is 18.6 Å². The third kappa shape index (κ3) is 6.27. The number of nitrogens with one attached hydrogen (secondary N) is 1. The first-order valence-corrected chi connectivity index (χ1v) is 15.1. The van der Waals surface area contributed by atoms with Crippen LogP contribution in [0.4, 0.5) is 14.5 Å². The molecule has 8 nitrogen and oxygen atoms in total. The van der Waals surface area contributed by atoms with E-state index < -0.39 is 6.43 Å². The van der Waals surface area contributed by atoms with E-state index in [4.69, 9.17) is 15.6 Å². The number of nitrogens with zero attached hydrogens (tertiary/aromatic N) is 5. The van der Waals surface area contributed by atoms with E-state index in [1.807, 2.05) is 0 Å². The number of aryl methyl sites for hydroxylation is 1. The van der Waals surface area contributed by atoms with Crippen LogP contribution in [-0.2, 0) is 4.74 Å². The summed E-state index contributed by atoms with van der Waals surface area (Å²) in [7, 11) is 0. The highest BCUT2D eigenvalue weighted by Gasteiger charge is 2.29. The number of halogens is 2. The van der Waals surface area contributed by atoms with Gasteiger partial charge in [-0.2, -0.15) is 10.2 Å². The first-order chi connectivity index (χ1) is 20.0. The number of hydrogen-bond donors (Lipinski definition) is 2. The summed E-state index contributed by atoms with van der Waals surface area (Å²) in [4.78, 5) is 2.50. The lowest BCUT2D eigenvalue weighted by Crippen LogP contribution is -2.32. The van der Waals surface area contributed by atoms with E-state index in [-0.39, 0.29) is 23.5 Å². The average Bonchev–Trinajstić information content (AvgIpc) is 3.69. The molecule has 0 bridgehead atoms. The normalized spacial score (nSPS) is 25.6. The van der Waals surface area contributed by atoms with Crippen molar-refractivity contribution in [3.05, 3.63) is 41.3 Å². The van der Waals surface area contributed by atoms with Gasteiger partial charge in [0.2, 0.25) is 0 Å². The number of rotatable bonds is 7. The minimum absolute atomic E-state index is 0.0885. The number of aromatic nitrogens is 4. The Morgan fingerprint density at radius 1 is 1.12 bits per heavy atom. The van der Waals surface area contributed by atoms with Gasteiger partial charge in [0.1, 0.15) is 6.61 Å². The van der Waals surface area contributed by atoms with Crippen LogP contribution in [0.3, 0.4) is 0 Å². The van der Waals surface area contributed by atoms with Crippen molar-refractivity contribution < 1.29 is 13.5 Å². The Labute approximate surface area is 240 Å². The minimum atomic E-state index is -2.63. The molecule has 0 radical (unpaired) electrons. The monoisotopic (exact) mass is 565 g/mol. The molecule has 10 heteroatoms. The van der Waals surface area contributed by atoms with Gasteiger partial charge in [-0.1, -0.05) is 17.9 Å². The fraction of sp³-hybridized carbons (Fsp3) is 0.613. The molecule has 1 saturated carbocycles. The molecular formula is C31H41F2N7O. The third-order valence-corrected chi connectivity index (χ3v) is 9.07. The molecule has 2 atom stereocenters. The van der Waals surface area contributed by atoms with Crippen LogP contribution in [0.5, 0.6) is 0 Å². The number of likely N-dealkylation sites (tertiary alicyclic amines) is 1. The molecule has 1 unspecified atom stereocenters. The van der Waals surface area contributed by atoms with Gasteiger partial charge in [0.05, 0.1) is 35.1 Å². The first kappa shape index (κ1) is 28.1. The van der Waals surface area contributed by atoms with Gasteiger partial charge in [0.15, 0.2) is 5.69 Å². The van der Waals surface area contributed by atoms with E-state index in [2.05, 4.69) is 57.0 Å². The zero-order chi connectivity index (χ0) is 28.3. The zero-order valence-electron chi connectivity index (χ0n) is 23.9. The highest BCUT2D eigenvalue weighted by molar-refractivity contribution is 5.88. The Morgan fingerprint density at radius 2 is 1.98 bits per heavy atom. The van der Waals surface area contributed by atoms with E-state index in [9.17, 15) is 8.78 Å². The third-order valence-electron chi connectivity index (χ3n) is 9.07. The molecule has 2 saturated heterocycles. The summed E-state index contributed by atoms with van der Waals surface area (Å²) in [5.74, 6) is 7.23. The van der Waals surface area contributed by atoms with Gasteiger partial charge >= 0.3 is 0 Å². The average molecular weight is 566 g/mol. The molecule has 2 aromatic heterocycles. The van der Waals surface area contributed by atoms with Crippen LogP contribution in [0.15, 0.2) is 24.4 Å². The van der Waals surface area contributed by atoms with Crippen LogP contribution < -0.4 is 11.1 Å². The molecule has 0 spiro atoms. The highest BCUT2D eigenvalue weighted by atomic mass is 19.3. The Kier molecular flexibility index (Phi) is 8.56. The van der Waals surface area contributed by atoms with Crippen LogP contribution >= 0.6 is 0 Å². The molecule has 1 aromatic carbocycles. The van der Waals surface area contributed by atoms with Crippen molar-refractivity contribution in [1.82, 2.24) is 29.8 Å². The molecule has 220 valence electrons. The van der Waals surface area contributed by atoms with Gasteiger partial charge in [-0.25, -0.2) is 8.78 Å². The Hall–Kier alpha value is -3.00. The van der Waals surface area contributed by atoms with Crippen molar-refractivity contribution >= 4 is 16.6 Å². The quantitative estimate of drug-likeness (QED) is 0.398. The summed E-state index contributed by atoms with van der Waals surface area (Å²) in [5.41, 5.74) is 8.74. The standard InChI is InChI=1S/C31H41F2N7O/c1-21-29-23(5-2-8-28(29)40(36-21)25-7-3-14-35-17-25)6-4-16-41-26-13-15-38(19-26)18-22-9-11-24(12-10-22)39-20-27(34)30(37-39)31(32)33/h2,5,8,20,22,24-26,31,35H,3,7,9-19,34H2,1H3/t22?,24?,25?,26-/m1/s1. The second-order valence-corrected chi connectivity index (χ2v) is 11.9. The van der Waals surface area contributed by atoms with Gasteiger partial charge < -0.3 is 20.7 Å². The zero-order valence-corrected chi connectivity index (χ0v) is 23.9. The summed E-state index contributed by atoms with van der Waals surface area (Å²) in [5, 5.41) is 13.6. The number of alkyl halides is 2. The molecular weight excluding hydrogens is 524 g/mol. The van der Waals surface area contributed by atoms with Crippen LogP contribution in [0.25, 0.3) is 10.9 Å². The molecule has 1 aliphatic carbocycles. The lowest BCUT2D eigenvalue weighted by molar-refractivity contribution is 0.0803. The number of fused-ring (bicyclic) bond motifs is 1. The summed E-state index contributed by atoms with van der Waals surface area (Å²) >= 11 is 0. The molecule has 4 heterocycles. The predicted molar refractivity (Wildman–Crippen MR) is 156 cm³/mol. The highest BCUT2D eigenvalue weighted by Crippen LogP contribution is 2.35. The van der Waals surface area contributed by atoms with E-state index in [0.717, 1.165) is 93.4 Å². The summed E-state index contributed by atoms with van der Waals surface area (Å²) in [6.07, 6.45) is 6.53. The smallest absolute Gasteiger partial charge is 0.284 e. The lowest BCUT2D eigenvalue weighted by Gasteiger charge is -2.31. The topological polar surface area (TPSA) is 86.2 Å². The van der Waals surface area contributed by atoms with E-state index in [1.54, 1.807) is 10.9 Å². The maximum Gasteiger partial charge on any atom is 0.284 e. The summed E-state index contributed by atoms with van der Waals surface area (Å²) in [6.45, 7) is 7.59. The lowest BCUT2D eigenvalue weighted by atomic mass is 9.86. The number of benzene rings is 1. The molecule has 3 aromatic rings. The number of anilines is 1. The van der Waals surface area contributed by atoms with Gasteiger partial charge in [0.25, 0.3) is 6.43 Å². The number of hydrogen-bond acceptors (Lipinski definition) is 6. The van der Waals surface area contributed by atoms with Crippen LogP contribution in [0.2, 0.25) is 0 Å². The van der Waals surface area contributed by atoms with Crippen LogP contribution in [-0.4, -0.2) is 69.9 Å². The SMILES string of the molecule is Cc1nn(C2CCCNC2)c2cccc(C#CCO[C@@H]3CCN(CC4CCC(n5cc(N)c(C(F)F)n5)CC4)C3)c12. The van der Waals surface area contributed by atoms with E-state index >= 15 is 0 Å². The van der Waals surface area contributed by atoms with Crippen molar-refractivity contribution in [2.75, 3.05) is 45.1 Å². The van der Waals surface area contributed by atoms with Gasteiger partial charge in [0, 0.05) is 43.3 Å². The fourth-order valence-corrected chi connectivity index (χ4v) is 6.92. The first-order valence-electron chi connectivity index (χ1n) is 15.1. The van der Waals surface area contributed by atoms with Gasteiger partial charge in [-0.05, 0) is 76.5 Å². The molecule has 2 aliphatic heterocycles. The van der Waals surface area contributed by atoms with Crippen molar-refractivity contribution in [3.63, 3.8) is 0 Å².